The molecule has 20 heavy (non-hydrogen) atoms. The van der Waals surface area contributed by atoms with Crippen LogP contribution in [0.4, 0.5) is 11.5 Å². The number of carbonyl (C=O) groups is 1. The van der Waals surface area contributed by atoms with Gasteiger partial charge in [-0.25, -0.2) is 4.98 Å². The lowest BCUT2D eigenvalue weighted by atomic mass is 9.88. The summed E-state index contributed by atoms with van der Waals surface area (Å²) in [6.45, 7) is 4.75. The number of nitrogen functional groups attached to an aromatic ring is 1. The van der Waals surface area contributed by atoms with E-state index in [-0.39, 0.29) is 17.7 Å². The molecule has 0 fully saturated rings. The van der Waals surface area contributed by atoms with Crippen LogP contribution < -0.4 is 16.6 Å². The Morgan fingerprint density at radius 3 is 2.80 bits per heavy atom. The van der Waals surface area contributed by atoms with Crippen LogP contribution in [-0.2, 0) is 4.79 Å². The predicted octanol–water partition coefficient (Wildman–Crippen LogP) is 1.29. The molecule has 1 heterocycles. The third-order valence-corrected chi connectivity index (χ3v) is 3.37. The summed E-state index contributed by atoms with van der Waals surface area (Å²) in [5.74, 6) is 0.307. The zero-order valence-corrected chi connectivity index (χ0v) is 11.8. The van der Waals surface area contributed by atoms with Crippen molar-refractivity contribution >= 4 is 17.5 Å². The van der Waals surface area contributed by atoms with E-state index in [2.05, 4.69) is 29.1 Å². The van der Waals surface area contributed by atoms with Crippen molar-refractivity contribution in [2.24, 2.45) is 11.8 Å². The molecular weight excluding hydrogens is 260 g/mol. The van der Waals surface area contributed by atoms with E-state index in [0.29, 0.717) is 30.6 Å². The predicted molar refractivity (Wildman–Crippen MR) is 77.6 cm³/mol. The van der Waals surface area contributed by atoms with Gasteiger partial charge in [0.15, 0.2) is 5.82 Å². The fourth-order valence-electron chi connectivity index (χ4n) is 2.05. The molecule has 0 aliphatic rings. The Morgan fingerprint density at radius 1 is 1.50 bits per heavy atom. The van der Waals surface area contributed by atoms with Crippen molar-refractivity contribution in [1.82, 2.24) is 9.97 Å². The summed E-state index contributed by atoms with van der Waals surface area (Å²) in [6.07, 6.45) is 2.92. The van der Waals surface area contributed by atoms with Crippen LogP contribution in [0, 0.1) is 11.8 Å². The van der Waals surface area contributed by atoms with Crippen LogP contribution in [-0.4, -0.2) is 27.6 Å². The number of rotatable bonds is 8. The molecule has 7 nitrogen and oxygen atoms in total. The molecule has 1 unspecified atom stereocenters. The van der Waals surface area contributed by atoms with Gasteiger partial charge < -0.3 is 21.1 Å². The molecule has 0 radical (unpaired) electrons. The van der Waals surface area contributed by atoms with Gasteiger partial charge in [-0.15, -0.1) is 0 Å². The highest BCUT2D eigenvalue weighted by Crippen LogP contribution is 2.21. The Labute approximate surface area is 117 Å². The standard InChI is InChI=1S/C13H22N4O3/c1-8(2)9(3-4-10(18)19)5-6-15-12-11(14)13(20)17-7-16-12/h7-9H,3-6,14H2,1-2H3,(H,18,19)(H2,15,16,17,20). The van der Waals surface area contributed by atoms with Gasteiger partial charge in [0.2, 0.25) is 0 Å². The third kappa shape index (κ3) is 4.91. The second-order valence-electron chi connectivity index (χ2n) is 5.15. The zero-order chi connectivity index (χ0) is 15.1. The van der Waals surface area contributed by atoms with E-state index in [0.717, 1.165) is 6.42 Å². The van der Waals surface area contributed by atoms with Crippen LogP contribution in [0.3, 0.4) is 0 Å². The normalized spacial score (nSPS) is 12.3. The second kappa shape index (κ2) is 7.52. The Balaban J connectivity index is 2.50. The molecule has 0 saturated carbocycles. The maximum atomic E-state index is 11.3. The maximum Gasteiger partial charge on any atom is 0.303 e. The number of carboxylic acids is 1. The molecule has 0 spiro atoms. The monoisotopic (exact) mass is 282 g/mol. The van der Waals surface area contributed by atoms with Gasteiger partial charge in [-0.2, -0.15) is 0 Å². The molecule has 0 aromatic carbocycles. The van der Waals surface area contributed by atoms with Crippen molar-refractivity contribution in [3.63, 3.8) is 0 Å². The molecule has 1 atom stereocenters. The quantitative estimate of drug-likeness (QED) is 0.570. The number of aromatic amines is 1. The van der Waals surface area contributed by atoms with Crippen molar-refractivity contribution in [3.05, 3.63) is 16.7 Å². The first kappa shape index (κ1) is 16.0. The lowest BCUT2D eigenvalue weighted by Gasteiger charge is -2.20. The number of hydrogen-bond acceptors (Lipinski definition) is 5. The van der Waals surface area contributed by atoms with E-state index in [1.54, 1.807) is 0 Å². The minimum Gasteiger partial charge on any atom is -0.481 e. The molecule has 1 aromatic rings. The molecule has 0 aliphatic heterocycles. The molecule has 0 amide bonds. The third-order valence-electron chi connectivity index (χ3n) is 3.37. The van der Waals surface area contributed by atoms with E-state index in [4.69, 9.17) is 10.8 Å². The van der Waals surface area contributed by atoms with Gasteiger partial charge in [-0.3, -0.25) is 9.59 Å². The maximum absolute atomic E-state index is 11.3. The van der Waals surface area contributed by atoms with E-state index < -0.39 is 5.97 Å². The van der Waals surface area contributed by atoms with Gasteiger partial charge in [0.05, 0.1) is 6.33 Å². The van der Waals surface area contributed by atoms with E-state index >= 15 is 0 Å². The first-order valence-electron chi connectivity index (χ1n) is 6.70. The number of aromatic nitrogens is 2. The summed E-state index contributed by atoms with van der Waals surface area (Å²) in [5.41, 5.74) is 5.31. The summed E-state index contributed by atoms with van der Waals surface area (Å²) in [5, 5.41) is 11.8. The molecule has 0 saturated heterocycles. The minimum absolute atomic E-state index is 0.0686. The fourth-order valence-corrected chi connectivity index (χ4v) is 2.05. The molecule has 1 aromatic heterocycles. The Kier molecular flexibility index (Phi) is 6.02. The van der Waals surface area contributed by atoms with Gasteiger partial charge in [-0.1, -0.05) is 13.8 Å². The molecular formula is C13H22N4O3. The summed E-state index contributed by atoms with van der Waals surface area (Å²) >= 11 is 0. The highest BCUT2D eigenvalue weighted by Gasteiger charge is 2.15. The Bertz CT molecular complexity index is 499. The van der Waals surface area contributed by atoms with Gasteiger partial charge in [0, 0.05) is 13.0 Å². The Hall–Kier alpha value is -2.05. The topological polar surface area (TPSA) is 121 Å². The Morgan fingerprint density at radius 2 is 2.20 bits per heavy atom. The SMILES string of the molecule is CC(C)C(CCNc1nc[nH]c(=O)c1N)CCC(=O)O. The number of H-pyrrole nitrogens is 1. The van der Waals surface area contributed by atoms with Gasteiger partial charge in [-0.05, 0) is 24.7 Å². The lowest BCUT2D eigenvalue weighted by molar-refractivity contribution is -0.137. The van der Waals surface area contributed by atoms with Crippen LogP contribution in [0.15, 0.2) is 11.1 Å². The smallest absolute Gasteiger partial charge is 0.303 e. The number of hydrogen-bond donors (Lipinski definition) is 4. The number of nitrogens with zero attached hydrogens (tertiary/aromatic N) is 1. The number of nitrogens with one attached hydrogen (secondary N) is 2. The highest BCUT2D eigenvalue weighted by molar-refractivity contribution is 5.66. The summed E-state index contributed by atoms with van der Waals surface area (Å²) in [6, 6.07) is 0. The van der Waals surface area contributed by atoms with Gasteiger partial charge >= 0.3 is 5.97 Å². The van der Waals surface area contributed by atoms with Gasteiger partial charge in [0.25, 0.3) is 5.56 Å². The molecule has 5 N–H and O–H groups in total. The van der Waals surface area contributed by atoms with Gasteiger partial charge in [0.1, 0.15) is 5.69 Å². The molecule has 0 aliphatic carbocycles. The first-order chi connectivity index (χ1) is 9.41. The van der Waals surface area contributed by atoms with Crippen molar-refractivity contribution in [1.29, 1.82) is 0 Å². The van der Waals surface area contributed by atoms with Crippen LogP contribution in [0.5, 0.6) is 0 Å². The van der Waals surface area contributed by atoms with Crippen molar-refractivity contribution in [2.75, 3.05) is 17.6 Å². The first-order valence-corrected chi connectivity index (χ1v) is 6.70. The molecule has 7 heteroatoms. The lowest BCUT2D eigenvalue weighted by Crippen LogP contribution is -2.19. The number of nitrogens with two attached hydrogens (primary N) is 1. The largest absolute Gasteiger partial charge is 0.481 e. The van der Waals surface area contributed by atoms with Crippen LogP contribution in [0.2, 0.25) is 0 Å². The van der Waals surface area contributed by atoms with Crippen molar-refractivity contribution < 1.29 is 9.90 Å². The second-order valence-corrected chi connectivity index (χ2v) is 5.15. The molecule has 112 valence electrons. The highest BCUT2D eigenvalue weighted by atomic mass is 16.4. The van der Waals surface area contributed by atoms with Crippen molar-refractivity contribution in [3.8, 4) is 0 Å². The minimum atomic E-state index is -0.774. The fraction of sp³-hybridized carbons (Fsp3) is 0.615. The zero-order valence-electron chi connectivity index (χ0n) is 11.8. The summed E-state index contributed by atoms with van der Waals surface area (Å²) in [4.78, 5) is 28.3. The van der Waals surface area contributed by atoms with E-state index in [1.165, 1.54) is 6.33 Å². The molecule has 1 rings (SSSR count). The van der Waals surface area contributed by atoms with Crippen LogP contribution in [0.25, 0.3) is 0 Å². The molecule has 0 bridgehead atoms. The number of anilines is 2. The number of aliphatic carboxylic acids is 1. The van der Waals surface area contributed by atoms with Crippen molar-refractivity contribution in [2.45, 2.75) is 33.1 Å². The van der Waals surface area contributed by atoms with E-state index in [1.807, 2.05) is 0 Å². The summed E-state index contributed by atoms with van der Waals surface area (Å²) in [7, 11) is 0. The number of carboxylic acid groups (broad SMARTS) is 1. The van der Waals surface area contributed by atoms with E-state index in [9.17, 15) is 9.59 Å². The van der Waals surface area contributed by atoms with Crippen LogP contribution in [0.1, 0.15) is 33.1 Å². The average Bonchev–Trinajstić information content (AvgIpc) is 2.37. The van der Waals surface area contributed by atoms with Crippen LogP contribution >= 0.6 is 0 Å². The average molecular weight is 282 g/mol. The summed E-state index contributed by atoms with van der Waals surface area (Å²) < 4.78 is 0.